The molecule has 0 aliphatic rings. The van der Waals surface area contributed by atoms with Crippen molar-refractivity contribution in [1.82, 2.24) is 10.2 Å². The third-order valence-electron chi connectivity index (χ3n) is 4.56. The van der Waals surface area contributed by atoms with Gasteiger partial charge in [0.1, 0.15) is 0 Å². The van der Waals surface area contributed by atoms with Crippen molar-refractivity contribution in [3.63, 3.8) is 0 Å². The number of ketones is 1. The molecule has 0 unspecified atom stereocenters. The largest absolute Gasteiger partial charge is 0.325 e. The summed E-state index contributed by atoms with van der Waals surface area (Å²) in [5.74, 6) is -0.359. The summed E-state index contributed by atoms with van der Waals surface area (Å²) in [6, 6.07) is 19.9. The average Bonchev–Trinajstić information content (AvgIpc) is 3.25. The number of rotatable bonds is 7. The van der Waals surface area contributed by atoms with Gasteiger partial charge in [0.2, 0.25) is 11.0 Å². The highest BCUT2D eigenvalue weighted by Crippen LogP contribution is 2.27. The van der Waals surface area contributed by atoms with Gasteiger partial charge in [-0.05, 0) is 48.0 Å². The zero-order valence-corrected chi connectivity index (χ0v) is 18.6. The Balaban J connectivity index is 1.33. The van der Waals surface area contributed by atoms with E-state index >= 15 is 0 Å². The lowest BCUT2D eigenvalue weighted by Gasteiger charge is -2.05. The summed E-state index contributed by atoms with van der Waals surface area (Å²) in [5.41, 5.74) is 1.76. The third kappa shape index (κ3) is 5.19. The van der Waals surface area contributed by atoms with Crippen molar-refractivity contribution >= 4 is 62.3 Å². The van der Waals surface area contributed by atoms with Crippen molar-refractivity contribution in [2.24, 2.45) is 0 Å². The molecule has 1 aromatic heterocycles. The van der Waals surface area contributed by atoms with E-state index in [0.717, 1.165) is 10.8 Å². The van der Waals surface area contributed by atoms with Crippen LogP contribution in [-0.4, -0.2) is 33.5 Å². The molecule has 0 aliphatic carbocycles. The standard InChI is InChI=1S/C23H18N4O3S2/c1-14(28)15-9-11-17(12-10-15)24-20(29)13-31-23-27-26-22(32-23)25-21(30)19-8-4-6-16-5-2-3-7-18(16)19/h2-12H,13H2,1H3,(H,24,29)(H,25,26,30). The number of hydrogen-bond acceptors (Lipinski definition) is 7. The van der Waals surface area contributed by atoms with Crippen LogP contribution >= 0.6 is 23.1 Å². The predicted octanol–water partition coefficient (Wildman–Crippen LogP) is 4.88. The molecule has 2 N–H and O–H groups in total. The Kier molecular flexibility index (Phi) is 6.58. The molecule has 0 atom stereocenters. The zero-order chi connectivity index (χ0) is 22.5. The monoisotopic (exact) mass is 462 g/mol. The third-order valence-corrected chi connectivity index (χ3v) is 6.54. The van der Waals surface area contributed by atoms with E-state index in [0.29, 0.717) is 26.3 Å². The molecular weight excluding hydrogens is 444 g/mol. The number of amides is 2. The van der Waals surface area contributed by atoms with E-state index in [1.165, 1.54) is 30.0 Å². The zero-order valence-electron chi connectivity index (χ0n) is 17.0. The van der Waals surface area contributed by atoms with Gasteiger partial charge in [-0.3, -0.25) is 19.7 Å². The van der Waals surface area contributed by atoms with Crippen LogP contribution in [0.2, 0.25) is 0 Å². The number of anilines is 2. The number of benzene rings is 3. The second-order valence-corrected chi connectivity index (χ2v) is 9.02. The van der Waals surface area contributed by atoms with Crippen LogP contribution in [-0.2, 0) is 4.79 Å². The summed E-state index contributed by atoms with van der Waals surface area (Å²) in [6.07, 6.45) is 0. The number of fused-ring (bicyclic) bond motifs is 1. The van der Waals surface area contributed by atoms with Crippen LogP contribution in [0, 0.1) is 0 Å². The van der Waals surface area contributed by atoms with Gasteiger partial charge in [-0.25, -0.2) is 0 Å². The van der Waals surface area contributed by atoms with Crippen molar-refractivity contribution in [1.29, 1.82) is 0 Å². The van der Waals surface area contributed by atoms with Crippen molar-refractivity contribution in [2.75, 3.05) is 16.4 Å². The predicted molar refractivity (Wildman–Crippen MR) is 128 cm³/mol. The van der Waals surface area contributed by atoms with Crippen LogP contribution in [0.4, 0.5) is 10.8 Å². The number of Topliss-reactive ketones (excluding diaryl/α,β-unsaturated/α-hetero) is 1. The van der Waals surface area contributed by atoms with Gasteiger partial charge in [-0.2, -0.15) is 0 Å². The van der Waals surface area contributed by atoms with Crippen LogP contribution in [0.3, 0.4) is 0 Å². The quantitative estimate of drug-likeness (QED) is 0.231. The van der Waals surface area contributed by atoms with E-state index in [1.54, 1.807) is 30.3 Å². The van der Waals surface area contributed by atoms with Crippen LogP contribution < -0.4 is 10.6 Å². The van der Waals surface area contributed by atoms with Gasteiger partial charge in [0.15, 0.2) is 10.1 Å². The molecule has 0 bridgehead atoms. The Hall–Kier alpha value is -3.56. The van der Waals surface area contributed by atoms with Gasteiger partial charge in [-0.1, -0.05) is 59.5 Å². The lowest BCUT2D eigenvalue weighted by atomic mass is 10.0. The van der Waals surface area contributed by atoms with E-state index in [4.69, 9.17) is 0 Å². The van der Waals surface area contributed by atoms with Crippen molar-refractivity contribution in [3.8, 4) is 0 Å². The molecule has 4 rings (SSSR count). The van der Waals surface area contributed by atoms with Crippen LogP contribution in [0.1, 0.15) is 27.6 Å². The van der Waals surface area contributed by atoms with Crippen LogP contribution in [0.25, 0.3) is 10.8 Å². The molecule has 0 fully saturated rings. The maximum Gasteiger partial charge on any atom is 0.258 e. The highest BCUT2D eigenvalue weighted by molar-refractivity contribution is 8.01. The Morgan fingerprint density at radius 3 is 2.44 bits per heavy atom. The molecule has 32 heavy (non-hydrogen) atoms. The number of aromatic nitrogens is 2. The first kappa shape index (κ1) is 21.7. The minimum atomic E-state index is -0.263. The molecule has 0 aliphatic heterocycles. The first-order valence-electron chi connectivity index (χ1n) is 9.66. The Morgan fingerprint density at radius 2 is 1.66 bits per heavy atom. The fourth-order valence-electron chi connectivity index (χ4n) is 3.02. The highest BCUT2D eigenvalue weighted by atomic mass is 32.2. The molecule has 3 aromatic carbocycles. The van der Waals surface area contributed by atoms with Gasteiger partial charge in [0.25, 0.3) is 5.91 Å². The van der Waals surface area contributed by atoms with Crippen molar-refractivity contribution < 1.29 is 14.4 Å². The number of nitrogens with one attached hydrogen (secondary N) is 2. The second-order valence-electron chi connectivity index (χ2n) is 6.82. The number of carbonyl (C=O) groups is 3. The summed E-state index contributed by atoms with van der Waals surface area (Å²) >= 11 is 2.44. The Labute approximate surface area is 192 Å². The summed E-state index contributed by atoms with van der Waals surface area (Å²) in [4.78, 5) is 36.2. The smallest absolute Gasteiger partial charge is 0.258 e. The van der Waals surface area contributed by atoms with Gasteiger partial charge in [0.05, 0.1) is 5.75 Å². The molecule has 160 valence electrons. The fraction of sp³-hybridized carbons (Fsp3) is 0.0870. The van der Waals surface area contributed by atoms with Gasteiger partial charge in [-0.15, -0.1) is 10.2 Å². The normalized spacial score (nSPS) is 10.7. The fourth-order valence-corrected chi connectivity index (χ4v) is 4.57. The molecule has 0 saturated carbocycles. The lowest BCUT2D eigenvalue weighted by molar-refractivity contribution is -0.113. The minimum absolute atomic E-state index is 0.0296. The summed E-state index contributed by atoms with van der Waals surface area (Å²) in [5, 5.41) is 15.8. The maximum absolute atomic E-state index is 12.7. The topological polar surface area (TPSA) is 101 Å². The Bertz CT molecular complexity index is 1300. The van der Waals surface area contributed by atoms with Gasteiger partial charge < -0.3 is 5.32 Å². The first-order valence-corrected chi connectivity index (χ1v) is 11.5. The molecule has 0 radical (unpaired) electrons. The SMILES string of the molecule is CC(=O)c1ccc(NC(=O)CSc2nnc(NC(=O)c3cccc4ccccc34)s2)cc1. The second kappa shape index (κ2) is 9.71. The van der Waals surface area contributed by atoms with E-state index in [-0.39, 0.29) is 23.4 Å². The Morgan fingerprint density at radius 1 is 0.906 bits per heavy atom. The number of carbonyl (C=O) groups excluding carboxylic acids is 3. The molecule has 0 saturated heterocycles. The molecule has 2 amide bonds. The van der Waals surface area contributed by atoms with Crippen molar-refractivity contribution in [2.45, 2.75) is 11.3 Å². The average molecular weight is 463 g/mol. The van der Waals surface area contributed by atoms with E-state index in [1.807, 2.05) is 36.4 Å². The summed E-state index contributed by atoms with van der Waals surface area (Å²) < 4.78 is 0.570. The number of nitrogens with zero attached hydrogens (tertiary/aromatic N) is 2. The first-order chi connectivity index (χ1) is 15.5. The highest BCUT2D eigenvalue weighted by Gasteiger charge is 2.14. The molecular formula is C23H18N4O3S2. The molecule has 4 aromatic rings. The van der Waals surface area contributed by atoms with Gasteiger partial charge >= 0.3 is 0 Å². The minimum Gasteiger partial charge on any atom is -0.325 e. The molecule has 1 heterocycles. The number of thioether (sulfide) groups is 1. The van der Waals surface area contributed by atoms with Crippen LogP contribution in [0.5, 0.6) is 0 Å². The maximum atomic E-state index is 12.7. The molecule has 0 spiro atoms. The van der Waals surface area contributed by atoms with E-state index < -0.39 is 0 Å². The molecule has 9 heteroatoms. The molecule has 7 nitrogen and oxygen atoms in total. The van der Waals surface area contributed by atoms with E-state index in [2.05, 4.69) is 20.8 Å². The van der Waals surface area contributed by atoms with E-state index in [9.17, 15) is 14.4 Å². The summed E-state index contributed by atoms with van der Waals surface area (Å²) in [7, 11) is 0. The van der Waals surface area contributed by atoms with Crippen LogP contribution in [0.15, 0.2) is 71.1 Å². The van der Waals surface area contributed by atoms with Crippen molar-refractivity contribution in [3.05, 3.63) is 77.9 Å². The summed E-state index contributed by atoms with van der Waals surface area (Å²) in [6.45, 7) is 1.49. The number of hydrogen-bond donors (Lipinski definition) is 2. The lowest BCUT2D eigenvalue weighted by Crippen LogP contribution is -2.14. The van der Waals surface area contributed by atoms with Gasteiger partial charge in [0, 0.05) is 16.8 Å².